The van der Waals surface area contributed by atoms with E-state index in [0.717, 1.165) is 16.5 Å². The molecule has 5 rings (SSSR count). The number of halogens is 1. The number of aliphatic hydroxyl groups is 1. The van der Waals surface area contributed by atoms with E-state index in [0.29, 0.717) is 17.9 Å². The lowest BCUT2D eigenvalue weighted by Gasteiger charge is -2.29. The smallest absolute Gasteiger partial charge is 0.266 e. The molecule has 3 aromatic carbocycles. The molecular formula is C29H31FN2O4Si. The second-order valence-corrected chi connectivity index (χ2v) is 16.5. The van der Waals surface area contributed by atoms with Gasteiger partial charge in [-0.05, 0) is 29.3 Å². The first-order valence-electron chi connectivity index (χ1n) is 12.5. The normalized spacial score (nSPS) is 20.9. The molecule has 0 spiro atoms. The quantitative estimate of drug-likeness (QED) is 0.337. The van der Waals surface area contributed by atoms with Crippen molar-refractivity contribution in [1.82, 2.24) is 0 Å². The van der Waals surface area contributed by atoms with E-state index < -0.39 is 37.2 Å². The lowest BCUT2D eigenvalue weighted by atomic mass is 9.78. The van der Waals surface area contributed by atoms with Gasteiger partial charge in [0.05, 0.1) is 12.2 Å². The zero-order valence-electron chi connectivity index (χ0n) is 21.3. The second kappa shape index (κ2) is 9.52. The minimum Gasteiger partial charge on any atom is -0.374 e. The average Bonchev–Trinajstić information content (AvgIpc) is 3.26. The lowest BCUT2D eigenvalue weighted by molar-refractivity contribution is -0.145. The van der Waals surface area contributed by atoms with Crippen molar-refractivity contribution >= 4 is 31.3 Å². The minimum absolute atomic E-state index is 0.0326. The van der Waals surface area contributed by atoms with Crippen molar-refractivity contribution in [3.63, 3.8) is 0 Å². The summed E-state index contributed by atoms with van der Waals surface area (Å²) in [5, 5.41) is 12.1. The number of nitrogens with zero attached hydrogens (tertiary/aromatic N) is 2. The first kappa shape index (κ1) is 25.3. The Morgan fingerprint density at radius 1 is 0.946 bits per heavy atom. The van der Waals surface area contributed by atoms with E-state index in [4.69, 9.17) is 4.74 Å². The third-order valence-electron chi connectivity index (χ3n) is 7.11. The van der Waals surface area contributed by atoms with Gasteiger partial charge in [-0.25, -0.2) is 4.39 Å². The van der Waals surface area contributed by atoms with Crippen LogP contribution < -0.4 is 9.80 Å². The van der Waals surface area contributed by atoms with Crippen molar-refractivity contribution < 1.29 is 23.8 Å². The third kappa shape index (κ3) is 4.39. The van der Waals surface area contributed by atoms with Crippen LogP contribution in [0.15, 0.2) is 72.8 Å². The fraction of sp³-hybridized carbons (Fsp3) is 0.310. The molecule has 0 unspecified atom stereocenters. The molecule has 1 N–H and O–H groups in total. The number of amides is 2. The largest absolute Gasteiger partial charge is 0.374 e. The van der Waals surface area contributed by atoms with Gasteiger partial charge in [-0.2, -0.15) is 0 Å². The number of rotatable bonds is 8. The van der Waals surface area contributed by atoms with Gasteiger partial charge in [0.25, 0.3) is 5.91 Å². The Bertz CT molecular complexity index is 1340. The van der Waals surface area contributed by atoms with Gasteiger partial charge in [-0.15, -0.1) is 0 Å². The summed E-state index contributed by atoms with van der Waals surface area (Å²) in [5.41, 5.74) is -0.129. The first-order valence-corrected chi connectivity index (χ1v) is 16.2. The second-order valence-electron chi connectivity index (χ2n) is 10.9. The van der Waals surface area contributed by atoms with Crippen LogP contribution in [-0.2, 0) is 26.5 Å². The number of carbonyl (C=O) groups is 2. The maximum absolute atomic E-state index is 15.2. The van der Waals surface area contributed by atoms with Crippen LogP contribution in [0.3, 0.4) is 0 Å². The van der Waals surface area contributed by atoms with Crippen LogP contribution in [0.4, 0.5) is 15.8 Å². The Morgan fingerprint density at radius 3 is 2.38 bits per heavy atom. The highest BCUT2D eigenvalue weighted by Gasteiger charge is 2.61. The van der Waals surface area contributed by atoms with E-state index in [9.17, 15) is 14.7 Å². The zero-order valence-corrected chi connectivity index (χ0v) is 22.3. The highest BCUT2D eigenvalue weighted by molar-refractivity contribution is 6.76. The zero-order chi connectivity index (χ0) is 26.4. The summed E-state index contributed by atoms with van der Waals surface area (Å²) >= 11 is 0. The Balaban J connectivity index is 1.53. The Labute approximate surface area is 217 Å². The fourth-order valence-corrected chi connectivity index (χ4v) is 5.93. The van der Waals surface area contributed by atoms with Gasteiger partial charge in [0.1, 0.15) is 18.5 Å². The van der Waals surface area contributed by atoms with Gasteiger partial charge in [0.2, 0.25) is 5.91 Å². The Morgan fingerprint density at radius 2 is 1.65 bits per heavy atom. The molecule has 0 bridgehead atoms. The molecule has 0 saturated carbocycles. The summed E-state index contributed by atoms with van der Waals surface area (Å²) in [6, 6.07) is 21.8. The van der Waals surface area contributed by atoms with Crippen LogP contribution in [0.1, 0.15) is 22.6 Å². The number of ether oxygens (including phenoxy) is 1. The van der Waals surface area contributed by atoms with Gasteiger partial charge in [-0.3, -0.25) is 14.5 Å². The van der Waals surface area contributed by atoms with Crippen LogP contribution in [0.5, 0.6) is 0 Å². The van der Waals surface area contributed by atoms with E-state index >= 15 is 4.39 Å². The van der Waals surface area contributed by atoms with Crippen molar-refractivity contribution in [1.29, 1.82) is 0 Å². The molecule has 2 heterocycles. The van der Waals surface area contributed by atoms with Crippen molar-refractivity contribution in [2.45, 2.75) is 43.7 Å². The maximum atomic E-state index is 15.2. The van der Waals surface area contributed by atoms with E-state index in [2.05, 4.69) is 19.6 Å². The maximum Gasteiger partial charge on any atom is 0.266 e. The number of carbonyl (C=O) groups excluding carboxylic acids is 2. The molecule has 6 nitrogen and oxygen atoms in total. The Hall–Kier alpha value is -3.33. The molecule has 2 atom stereocenters. The number of para-hydroxylation sites is 2. The molecule has 0 aromatic heterocycles. The van der Waals surface area contributed by atoms with E-state index in [1.807, 2.05) is 42.5 Å². The predicted octanol–water partition coefficient (Wildman–Crippen LogP) is 5.00. The summed E-state index contributed by atoms with van der Waals surface area (Å²) in [7, 11) is -1.37. The molecule has 2 amide bonds. The molecule has 0 radical (unpaired) electrons. The molecule has 2 aliphatic rings. The summed E-state index contributed by atoms with van der Waals surface area (Å²) in [6.07, 6.45) is 0. The minimum atomic E-state index is -2.27. The van der Waals surface area contributed by atoms with E-state index in [1.54, 1.807) is 17.0 Å². The van der Waals surface area contributed by atoms with Crippen molar-refractivity contribution in [3.05, 3.63) is 95.3 Å². The van der Waals surface area contributed by atoms with Crippen LogP contribution >= 0.6 is 0 Å². The van der Waals surface area contributed by atoms with Gasteiger partial charge >= 0.3 is 0 Å². The highest BCUT2D eigenvalue weighted by Crippen LogP contribution is 2.54. The van der Waals surface area contributed by atoms with Crippen LogP contribution in [0, 0.1) is 5.82 Å². The van der Waals surface area contributed by atoms with Crippen molar-refractivity contribution in [3.8, 4) is 0 Å². The molecule has 2 aliphatic heterocycles. The first-order chi connectivity index (χ1) is 17.6. The monoisotopic (exact) mass is 518 g/mol. The third-order valence-corrected chi connectivity index (χ3v) is 8.81. The standard InChI is InChI=1S/C29H31FN2O4Si/c1-37(2,3)17-16-36-19-32-26-22(13-9-14-23(26)30)29(35,28(32)34)25-21-12-7-8-15-24(21)31(27(25)33)18-20-10-5-4-6-11-20/h4-15,25,35H,16-19H2,1-3H3/t25-,29+/m0/s1. The molecule has 0 fully saturated rings. The van der Waals surface area contributed by atoms with Crippen LogP contribution in [0.2, 0.25) is 25.7 Å². The summed E-state index contributed by atoms with van der Waals surface area (Å²) < 4.78 is 20.9. The van der Waals surface area contributed by atoms with Gasteiger partial charge < -0.3 is 14.7 Å². The number of anilines is 2. The number of hydrogen-bond donors (Lipinski definition) is 1. The SMILES string of the molecule is C[Si](C)(C)CCOCN1C(=O)[C@](O)([C@@H]2C(=O)N(Cc3ccccc3)c3ccccc32)c2cccc(F)c21. The van der Waals surface area contributed by atoms with E-state index in [-0.39, 0.29) is 24.5 Å². The topological polar surface area (TPSA) is 70.1 Å². The number of benzene rings is 3. The average molecular weight is 519 g/mol. The number of hydrogen-bond acceptors (Lipinski definition) is 4. The fourth-order valence-electron chi connectivity index (χ4n) is 5.17. The molecule has 0 saturated heterocycles. The summed E-state index contributed by atoms with van der Waals surface area (Å²) in [4.78, 5) is 30.6. The van der Waals surface area contributed by atoms with Crippen molar-refractivity contribution in [2.75, 3.05) is 23.1 Å². The summed E-state index contributed by atoms with van der Waals surface area (Å²) in [6.45, 7) is 7.17. The van der Waals surface area contributed by atoms with Crippen LogP contribution in [-0.4, -0.2) is 38.3 Å². The molecule has 3 aromatic rings. The Kier molecular flexibility index (Phi) is 6.51. The number of fused-ring (bicyclic) bond motifs is 2. The van der Waals surface area contributed by atoms with Gasteiger partial charge in [-0.1, -0.05) is 80.3 Å². The molecular weight excluding hydrogens is 487 g/mol. The highest BCUT2D eigenvalue weighted by atomic mass is 28.3. The van der Waals surface area contributed by atoms with Gasteiger partial charge in [0.15, 0.2) is 5.60 Å². The van der Waals surface area contributed by atoms with Crippen molar-refractivity contribution in [2.24, 2.45) is 0 Å². The molecule has 8 heteroatoms. The summed E-state index contributed by atoms with van der Waals surface area (Å²) in [5.74, 6) is -3.02. The predicted molar refractivity (Wildman–Crippen MR) is 144 cm³/mol. The van der Waals surface area contributed by atoms with Gasteiger partial charge in [0, 0.05) is 25.9 Å². The molecule has 0 aliphatic carbocycles. The van der Waals surface area contributed by atoms with E-state index in [1.165, 1.54) is 18.2 Å². The van der Waals surface area contributed by atoms with Crippen LogP contribution in [0.25, 0.3) is 0 Å². The molecule has 37 heavy (non-hydrogen) atoms. The lowest BCUT2D eigenvalue weighted by Crippen LogP contribution is -2.48. The molecule has 192 valence electrons.